The van der Waals surface area contributed by atoms with Crippen LogP contribution in [0.5, 0.6) is 0 Å². The van der Waals surface area contributed by atoms with Crippen molar-refractivity contribution in [2.24, 2.45) is 5.73 Å². The van der Waals surface area contributed by atoms with Crippen LogP contribution in [0.3, 0.4) is 0 Å². The summed E-state index contributed by atoms with van der Waals surface area (Å²) >= 11 is 0. The lowest BCUT2D eigenvalue weighted by atomic mass is 10.1. The summed E-state index contributed by atoms with van der Waals surface area (Å²) in [7, 11) is 0. The minimum absolute atomic E-state index is 0.313. The van der Waals surface area contributed by atoms with Crippen molar-refractivity contribution in [3.05, 3.63) is 96.2 Å². The van der Waals surface area contributed by atoms with Gasteiger partial charge in [0.15, 0.2) is 5.76 Å². The summed E-state index contributed by atoms with van der Waals surface area (Å²) < 4.78 is 5.90. The number of carbonyl (C=O) groups excluding carboxylic acids is 2. The second kappa shape index (κ2) is 7.82. The predicted molar refractivity (Wildman–Crippen MR) is 110 cm³/mol. The van der Waals surface area contributed by atoms with Crippen LogP contribution >= 0.6 is 0 Å². The summed E-state index contributed by atoms with van der Waals surface area (Å²) in [5.74, 6) is 0.148. The Kier molecular flexibility index (Phi) is 4.90. The van der Waals surface area contributed by atoms with Crippen LogP contribution in [0.1, 0.15) is 20.7 Å². The van der Waals surface area contributed by atoms with E-state index in [1.165, 1.54) is 0 Å². The molecule has 4 aromatic rings. The van der Waals surface area contributed by atoms with Crippen molar-refractivity contribution in [2.75, 3.05) is 5.32 Å². The van der Waals surface area contributed by atoms with E-state index in [9.17, 15) is 9.59 Å². The molecule has 3 N–H and O–H groups in total. The molecule has 0 atom stereocenters. The quantitative estimate of drug-likeness (QED) is 0.535. The molecule has 2 amide bonds. The summed E-state index contributed by atoms with van der Waals surface area (Å²) in [6.45, 7) is 0. The number of primary amides is 1. The van der Waals surface area contributed by atoms with E-state index < -0.39 is 5.91 Å². The Labute approximate surface area is 167 Å². The highest BCUT2D eigenvalue weighted by Crippen LogP contribution is 2.28. The first kappa shape index (κ1) is 18.2. The Morgan fingerprint density at radius 3 is 2.28 bits per heavy atom. The maximum atomic E-state index is 12.8. The number of nitrogens with two attached hydrogens (primary N) is 1. The fourth-order valence-corrected chi connectivity index (χ4v) is 2.92. The van der Waals surface area contributed by atoms with Crippen LogP contribution in [0.25, 0.3) is 22.8 Å². The number of hydrogen-bond donors (Lipinski definition) is 2. The van der Waals surface area contributed by atoms with E-state index in [4.69, 9.17) is 10.2 Å². The molecule has 142 valence electrons. The van der Waals surface area contributed by atoms with E-state index in [1.807, 2.05) is 36.4 Å². The molecule has 0 saturated heterocycles. The highest BCUT2D eigenvalue weighted by Gasteiger charge is 2.17. The fourth-order valence-electron chi connectivity index (χ4n) is 2.92. The molecule has 29 heavy (non-hydrogen) atoms. The van der Waals surface area contributed by atoms with Crippen molar-refractivity contribution in [3.63, 3.8) is 0 Å². The SMILES string of the molecule is NC(=O)c1ccc(NC(=O)c2ccccc2-c2ncc(-c3ccccc3)o2)cc1. The maximum Gasteiger partial charge on any atom is 0.256 e. The summed E-state index contributed by atoms with van der Waals surface area (Å²) in [6, 6.07) is 23.1. The third kappa shape index (κ3) is 3.91. The average molecular weight is 383 g/mol. The molecule has 0 spiro atoms. The number of oxazole rings is 1. The highest BCUT2D eigenvalue weighted by molar-refractivity contribution is 6.08. The second-order valence-corrected chi connectivity index (χ2v) is 6.34. The molecule has 0 bridgehead atoms. The molecule has 0 unspecified atom stereocenters. The molecule has 1 aromatic heterocycles. The van der Waals surface area contributed by atoms with Gasteiger partial charge in [0.05, 0.1) is 11.8 Å². The fraction of sp³-hybridized carbons (Fsp3) is 0. The molecule has 0 saturated carbocycles. The number of amides is 2. The predicted octanol–water partition coefficient (Wildman–Crippen LogP) is 4.36. The first-order chi connectivity index (χ1) is 14.1. The maximum absolute atomic E-state index is 12.8. The zero-order chi connectivity index (χ0) is 20.2. The van der Waals surface area contributed by atoms with E-state index in [2.05, 4.69) is 10.3 Å². The van der Waals surface area contributed by atoms with Crippen LogP contribution in [-0.2, 0) is 0 Å². The van der Waals surface area contributed by atoms with E-state index in [0.29, 0.717) is 34.0 Å². The molecule has 6 heteroatoms. The van der Waals surface area contributed by atoms with Crippen molar-refractivity contribution >= 4 is 17.5 Å². The second-order valence-electron chi connectivity index (χ2n) is 6.34. The van der Waals surface area contributed by atoms with Crippen LogP contribution in [0.15, 0.2) is 89.5 Å². The number of carbonyl (C=O) groups is 2. The molecular formula is C23H17N3O3. The lowest BCUT2D eigenvalue weighted by Gasteiger charge is -2.08. The summed E-state index contributed by atoms with van der Waals surface area (Å²) in [6.07, 6.45) is 1.64. The number of benzene rings is 3. The van der Waals surface area contributed by atoms with Crippen LogP contribution in [0, 0.1) is 0 Å². The number of hydrogen-bond acceptors (Lipinski definition) is 4. The van der Waals surface area contributed by atoms with Crippen LogP contribution < -0.4 is 11.1 Å². The molecule has 0 aliphatic heterocycles. The molecule has 3 aromatic carbocycles. The van der Waals surface area contributed by atoms with Gasteiger partial charge in [-0.25, -0.2) is 4.98 Å². The summed E-state index contributed by atoms with van der Waals surface area (Å²) in [5, 5.41) is 2.81. The molecule has 1 heterocycles. The molecule has 0 aliphatic carbocycles. The smallest absolute Gasteiger partial charge is 0.256 e. The molecule has 6 nitrogen and oxygen atoms in total. The van der Waals surface area contributed by atoms with Gasteiger partial charge in [0.25, 0.3) is 5.91 Å². The minimum Gasteiger partial charge on any atom is -0.436 e. The molecule has 0 fully saturated rings. The number of nitrogens with one attached hydrogen (secondary N) is 1. The Hall–Kier alpha value is -4.19. The van der Waals surface area contributed by atoms with Crippen molar-refractivity contribution in [1.29, 1.82) is 0 Å². The number of rotatable bonds is 5. The van der Waals surface area contributed by atoms with E-state index in [-0.39, 0.29) is 5.91 Å². The standard InChI is InChI=1S/C23H17N3O3/c24-21(27)16-10-12-17(13-11-16)26-22(28)18-8-4-5-9-19(18)23-25-14-20(29-23)15-6-2-1-3-7-15/h1-14H,(H2,24,27)(H,26,28). The Morgan fingerprint density at radius 1 is 0.862 bits per heavy atom. The summed E-state index contributed by atoms with van der Waals surface area (Å²) in [4.78, 5) is 28.4. The highest BCUT2D eigenvalue weighted by atomic mass is 16.4. The largest absolute Gasteiger partial charge is 0.436 e. The zero-order valence-corrected chi connectivity index (χ0v) is 15.3. The van der Waals surface area contributed by atoms with Gasteiger partial charge in [-0.3, -0.25) is 9.59 Å². The summed E-state index contributed by atoms with van der Waals surface area (Å²) in [5.41, 5.74) is 8.07. The van der Waals surface area contributed by atoms with Crippen LogP contribution in [-0.4, -0.2) is 16.8 Å². The molecular weight excluding hydrogens is 366 g/mol. The molecule has 0 aliphatic rings. The third-order valence-electron chi connectivity index (χ3n) is 4.39. The average Bonchev–Trinajstić information content (AvgIpc) is 3.25. The van der Waals surface area contributed by atoms with E-state index in [0.717, 1.165) is 5.56 Å². The van der Waals surface area contributed by atoms with E-state index >= 15 is 0 Å². The third-order valence-corrected chi connectivity index (χ3v) is 4.39. The van der Waals surface area contributed by atoms with Gasteiger partial charge < -0.3 is 15.5 Å². The number of aromatic nitrogens is 1. The van der Waals surface area contributed by atoms with Gasteiger partial charge in [-0.2, -0.15) is 0 Å². The normalized spacial score (nSPS) is 10.5. The molecule has 4 rings (SSSR count). The van der Waals surface area contributed by atoms with Gasteiger partial charge in [-0.05, 0) is 36.4 Å². The first-order valence-corrected chi connectivity index (χ1v) is 8.94. The topological polar surface area (TPSA) is 98.2 Å². The van der Waals surface area contributed by atoms with Gasteiger partial charge in [-0.15, -0.1) is 0 Å². The molecule has 0 radical (unpaired) electrons. The van der Waals surface area contributed by atoms with Crippen molar-refractivity contribution in [2.45, 2.75) is 0 Å². The van der Waals surface area contributed by atoms with Crippen molar-refractivity contribution < 1.29 is 14.0 Å². The lowest BCUT2D eigenvalue weighted by molar-refractivity contribution is 0.0998. The van der Waals surface area contributed by atoms with Gasteiger partial charge in [-0.1, -0.05) is 42.5 Å². The minimum atomic E-state index is -0.522. The van der Waals surface area contributed by atoms with Crippen molar-refractivity contribution in [1.82, 2.24) is 4.98 Å². The first-order valence-electron chi connectivity index (χ1n) is 8.94. The van der Waals surface area contributed by atoms with Gasteiger partial charge >= 0.3 is 0 Å². The number of anilines is 1. The number of nitrogens with zero attached hydrogens (tertiary/aromatic N) is 1. The zero-order valence-electron chi connectivity index (χ0n) is 15.3. The van der Waals surface area contributed by atoms with E-state index in [1.54, 1.807) is 48.7 Å². The van der Waals surface area contributed by atoms with Crippen LogP contribution in [0.2, 0.25) is 0 Å². The Morgan fingerprint density at radius 2 is 1.55 bits per heavy atom. The van der Waals surface area contributed by atoms with Gasteiger partial charge in [0, 0.05) is 22.4 Å². The monoisotopic (exact) mass is 383 g/mol. The van der Waals surface area contributed by atoms with Gasteiger partial charge in [0.2, 0.25) is 11.8 Å². The van der Waals surface area contributed by atoms with Crippen LogP contribution in [0.4, 0.5) is 5.69 Å². The Balaban J connectivity index is 1.61. The lowest BCUT2D eigenvalue weighted by Crippen LogP contribution is -2.14. The Bertz CT molecular complexity index is 1170. The van der Waals surface area contributed by atoms with Gasteiger partial charge in [0.1, 0.15) is 0 Å². The van der Waals surface area contributed by atoms with Crippen molar-refractivity contribution in [3.8, 4) is 22.8 Å².